The van der Waals surface area contributed by atoms with E-state index in [1.165, 1.54) is 0 Å². The van der Waals surface area contributed by atoms with Gasteiger partial charge in [-0.1, -0.05) is 12.1 Å². The van der Waals surface area contributed by atoms with E-state index in [0.29, 0.717) is 6.54 Å². The van der Waals surface area contributed by atoms with E-state index < -0.39 is 0 Å². The predicted octanol–water partition coefficient (Wildman–Crippen LogP) is 2.50. The molecule has 1 aromatic carbocycles. The number of likely N-dealkylation sites (tertiary alicyclic amines) is 1. The van der Waals surface area contributed by atoms with Crippen molar-refractivity contribution in [2.24, 2.45) is 5.92 Å². The molecule has 0 aromatic heterocycles. The Balaban J connectivity index is 2.04. The Morgan fingerprint density at radius 3 is 2.75 bits per heavy atom. The fourth-order valence-corrected chi connectivity index (χ4v) is 2.60. The van der Waals surface area contributed by atoms with E-state index in [2.05, 4.69) is 5.32 Å². The van der Waals surface area contributed by atoms with Crippen molar-refractivity contribution in [3.05, 3.63) is 29.3 Å². The lowest BCUT2D eigenvalue weighted by Crippen LogP contribution is -2.42. The van der Waals surface area contributed by atoms with Crippen LogP contribution in [0, 0.1) is 19.8 Å². The van der Waals surface area contributed by atoms with Gasteiger partial charge in [0.15, 0.2) is 0 Å². The van der Waals surface area contributed by atoms with Gasteiger partial charge in [-0.2, -0.15) is 0 Å². The Hall–Kier alpha value is -1.84. The summed E-state index contributed by atoms with van der Waals surface area (Å²) >= 11 is 0. The average molecular weight is 274 g/mol. The lowest BCUT2D eigenvalue weighted by Gasteiger charge is -2.31. The van der Waals surface area contributed by atoms with Crippen LogP contribution in [0.3, 0.4) is 0 Å². The Kier molecular flexibility index (Phi) is 4.42. The molecule has 1 aliphatic rings. The van der Waals surface area contributed by atoms with Gasteiger partial charge in [-0.05, 0) is 43.9 Å². The number of anilines is 1. The zero-order chi connectivity index (χ0) is 14.7. The summed E-state index contributed by atoms with van der Waals surface area (Å²) in [6.07, 6.45) is 1.74. The minimum atomic E-state index is -0.104. The van der Waals surface area contributed by atoms with Crippen molar-refractivity contribution in [1.82, 2.24) is 4.90 Å². The molecule has 1 N–H and O–H groups in total. The van der Waals surface area contributed by atoms with Crippen LogP contribution in [0.2, 0.25) is 0 Å². The van der Waals surface area contributed by atoms with Crippen LogP contribution in [0.5, 0.6) is 0 Å². The molecule has 1 fully saturated rings. The van der Waals surface area contributed by atoms with Gasteiger partial charge in [-0.3, -0.25) is 9.59 Å². The zero-order valence-corrected chi connectivity index (χ0v) is 12.4. The lowest BCUT2D eigenvalue weighted by atomic mass is 9.96. The molecule has 0 radical (unpaired) electrons. The molecule has 1 saturated heterocycles. The molecule has 4 nitrogen and oxygen atoms in total. The molecule has 108 valence electrons. The first-order valence-corrected chi connectivity index (χ1v) is 7.11. The minimum absolute atomic E-state index is 0.0182. The van der Waals surface area contributed by atoms with Gasteiger partial charge < -0.3 is 10.2 Å². The highest BCUT2D eigenvalue weighted by Crippen LogP contribution is 2.22. The maximum atomic E-state index is 12.4. The van der Waals surface area contributed by atoms with Crippen molar-refractivity contribution in [3.63, 3.8) is 0 Å². The second-order valence-electron chi connectivity index (χ2n) is 5.54. The van der Waals surface area contributed by atoms with Gasteiger partial charge in [0, 0.05) is 25.7 Å². The van der Waals surface area contributed by atoms with Crippen LogP contribution in [0.1, 0.15) is 30.9 Å². The Morgan fingerprint density at radius 2 is 2.05 bits per heavy atom. The first kappa shape index (κ1) is 14.6. The number of rotatable bonds is 2. The summed E-state index contributed by atoms with van der Waals surface area (Å²) in [6.45, 7) is 6.90. The lowest BCUT2D eigenvalue weighted by molar-refractivity contribution is -0.132. The maximum Gasteiger partial charge on any atom is 0.229 e. The van der Waals surface area contributed by atoms with Gasteiger partial charge >= 0.3 is 0 Å². The molecule has 4 heteroatoms. The number of hydrogen-bond donors (Lipinski definition) is 1. The summed E-state index contributed by atoms with van der Waals surface area (Å²) in [5.41, 5.74) is 3.13. The molecule has 0 bridgehead atoms. The van der Waals surface area contributed by atoms with Gasteiger partial charge in [-0.15, -0.1) is 0 Å². The van der Waals surface area contributed by atoms with E-state index in [4.69, 9.17) is 0 Å². The second-order valence-corrected chi connectivity index (χ2v) is 5.54. The molecule has 0 saturated carbocycles. The maximum absolute atomic E-state index is 12.4. The Morgan fingerprint density at radius 1 is 1.30 bits per heavy atom. The van der Waals surface area contributed by atoms with E-state index in [9.17, 15) is 9.59 Å². The molecule has 1 aliphatic heterocycles. The second kappa shape index (κ2) is 6.07. The molecule has 1 aromatic rings. The fourth-order valence-electron chi connectivity index (χ4n) is 2.60. The molecular formula is C16H22N2O2. The molecule has 0 spiro atoms. The van der Waals surface area contributed by atoms with Crippen molar-refractivity contribution in [2.75, 3.05) is 18.4 Å². The van der Waals surface area contributed by atoms with Crippen molar-refractivity contribution >= 4 is 17.5 Å². The highest BCUT2D eigenvalue weighted by molar-refractivity contribution is 5.94. The third kappa shape index (κ3) is 3.18. The van der Waals surface area contributed by atoms with E-state index in [-0.39, 0.29) is 17.7 Å². The van der Waals surface area contributed by atoms with Gasteiger partial charge in [0.25, 0.3) is 0 Å². The summed E-state index contributed by atoms with van der Waals surface area (Å²) < 4.78 is 0. The summed E-state index contributed by atoms with van der Waals surface area (Å²) in [7, 11) is 0. The zero-order valence-electron chi connectivity index (χ0n) is 12.4. The van der Waals surface area contributed by atoms with Gasteiger partial charge in [0.05, 0.1) is 5.92 Å². The van der Waals surface area contributed by atoms with Crippen LogP contribution >= 0.6 is 0 Å². The molecule has 1 unspecified atom stereocenters. The van der Waals surface area contributed by atoms with E-state index >= 15 is 0 Å². The number of amides is 2. The normalized spacial score (nSPS) is 18.8. The molecule has 20 heavy (non-hydrogen) atoms. The summed E-state index contributed by atoms with van der Waals surface area (Å²) in [6, 6.07) is 5.90. The third-order valence-corrected chi connectivity index (χ3v) is 4.10. The standard InChI is InChI=1S/C16H22N2O2/c1-11-6-4-8-15(12(11)2)17-16(20)14-7-5-9-18(10-14)13(3)19/h4,6,8,14H,5,7,9-10H2,1-3H3,(H,17,20). The highest BCUT2D eigenvalue weighted by Gasteiger charge is 2.27. The van der Waals surface area contributed by atoms with E-state index in [1.54, 1.807) is 11.8 Å². The van der Waals surface area contributed by atoms with Crippen LogP contribution in [-0.4, -0.2) is 29.8 Å². The first-order valence-electron chi connectivity index (χ1n) is 7.11. The number of carbonyl (C=O) groups is 2. The van der Waals surface area contributed by atoms with Crippen LogP contribution < -0.4 is 5.32 Å². The topological polar surface area (TPSA) is 49.4 Å². The Bertz CT molecular complexity index is 525. The molecule has 2 amide bonds. The predicted molar refractivity (Wildman–Crippen MR) is 79.5 cm³/mol. The summed E-state index contributed by atoms with van der Waals surface area (Å²) in [5.74, 6) is -0.0357. The largest absolute Gasteiger partial charge is 0.342 e. The first-order chi connectivity index (χ1) is 9.49. The van der Waals surface area contributed by atoms with Crippen molar-refractivity contribution in [2.45, 2.75) is 33.6 Å². The number of carbonyl (C=O) groups excluding carboxylic acids is 2. The number of nitrogens with one attached hydrogen (secondary N) is 1. The SMILES string of the molecule is CC(=O)N1CCCC(C(=O)Nc2cccc(C)c2C)C1. The molecule has 2 rings (SSSR count). The van der Waals surface area contributed by atoms with Crippen LogP contribution in [0.15, 0.2) is 18.2 Å². The molecule has 0 aliphatic carbocycles. The number of aryl methyl sites for hydroxylation is 1. The summed E-state index contributed by atoms with van der Waals surface area (Å²) in [4.78, 5) is 25.5. The number of benzene rings is 1. The van der Waals surface area contributed by atoms with E-state index in [0.717, 1.165) is 36.2 Å². The van der Waals surface area contributed by atoms with Crippen molar-refractivity contribution < 1.29 is 9.59 Å². The van der Waals surface area contributed by atoms with Gasteiger partial charge in [0.1, 0.15) is 0 Å². The average Bonchev–Trinajstić information content (AvgIpc) is 2.44. The monoisotopic (exact) mass is 274 g/mol. The fraction of sp³-hybridized carbons (Fsp3) is 0.500. The van der Waals surface area contributed by atoms with Gasteiger partial charge in [-0.25, -0.2) is 0 Å². The smallest absolute Gasteiger partial charge is 0.229 e. The number of hydrogen-bond acceptors (Lipinski definition) is 2. The van der Waals surface area contributed by atoms with Crippen LogP contribution in [-0.2, 0) is 9.59 Å². The van der Waals surface area contributed by atoms with Crippen LogP contribution in [0.4, 0.5) is 5.69 Å². The van der Waals surface area contributed by atoms with Crippen molar-refractivity contribution in [1.29, 1.82) is 0 Å². The number of nitrogens with zero attached hydrogens (tertiary/aromatic N) is 1. The minimum Gasteiger partial charge on any atom is -0.342 e. The third-order valence-electron chi connectivity index (χ3n) is 4.10. The highest BCUT2D eigenvalue weighted by atomic mass is 16.2. The molecule has 1 heterocycles. The van der Waals surface area contributed by atoms with Crippen molar-refractivity contribution in [3.8, 4) is 0 Å². The summed E-state index contributed by atoms with van der Waals surface area (Å²) in [5, 5.41) is 3.00. The Labute approximate surface area is 120 Å². The van der Waals surface area contributed by atoms with Gasteiger partial charge in [0.2, 0.25) is 11.8 Å². The number of piperidine rings is 1. The van der Waals surface area contributed by atoms with Crippen LogP contribution in [0.25, 0.3) is 0 Å². The van der Waals surface area contributed by atoms with E-state index in [1.807, 2.05) is 32.0 Å². The molecule has 1 atom stereocenters. The molecular weight excluding hydrogens is 252 g/mol. The quantitative estimate of drug-likeness (QED) is 0.900.